The van der Waals surface area contributed by atoms with Crippen LogP contribution in [0.2, 0.25) is 0 Å². The van der Waals surface area contributed by atoms with Gasteiger partial charge in [-0.05, 0) is 50.3 Å². The van der Waals surface area contributed by atoms with Crippen LogP contribution in [0.3, 0.4) is 0 Å². The number of hydrogen-bond donors (Lipinski definition) is 4. The molecule has 1 heterocycles. The molecule has 0 aliphatic carbocycles. The molecule has 1 aromatic carbocycles. The van der Waals surface area contributed by atoms with Gasteiger partial charge in [-0.1, -0.05) is 11.8 Å². The van der Waals surface area contributed by atoms with Crippen LogP contribution in [0, 0.1) is 0 Å². The van der Waals surface area contributed by atoms with E-state index in [9.17, 15) is 9.59 Å². The van der Waals surface area contributed by atoms with E-state index >= 15 is 0 Å². The van der Waals surface area contributed by atoms with E-state index in [4.69, 9.17) is 12.2 Å². The Hall–Kier alpha value is -2.59. The molecule has 2 amide bonds. The summed E-state index contributed by atoms with van der Waals surface area (Å²) < 4.78 is 1.85. The summed E-state index contributed by atoms with van der Waals surface area (Å²) in [6.45, 7) is 3.88. The minimum absolute atomic E-state index is 0.146. The van der Waals surface area contributed by atoms with Gasteiger partial charge < -0.3 is 15.2 Å². The molecule has 0 spiro atoms. The van der Waals surface area contributed by atoms with Crippen molar-refractivity contribution in [2.24, 2.45) is 7.05 Å². The van der Waals surface area contributed by atoms with Crippen molar-refractivity contribution in [3.63, 3.8) is 0 Å². The summed E-state index contributed by atoms with van der Waals surface area (Å²) in [5, 5.41) is 6.86. The van der Waals surface area contributed by atoms with Gasteiger partial charge in [0.25, 0.3) is 5.91 Å². The predicted octanol–water partition coefficient (Wildman–Crippen LogP) is 1.67. The van der Waals surface area contributed by atoms with Crippen molar-refractivity contribution in [1.82, 2.24) is 25.7 Å². The molecule has 4 N–H and O–H groups in total. The Labute approximate surface area is 167 Å². The number of carbonyl (C=O) groups excluding carboxylic acids is 2. The number of thiocarbonyl (C=S) groups is 1. The fraction of sp³-hybridized carbons (Fsp3) is 0.294. The Bertz CT molecular complexity index is 804. The second-order valence-electron chi connectivity index (χ2n) is 5.94. The first-order valence-corrected chi connectivity index (χ1v) is 9.61. The summed E-state index contributed by atoms with van der Waals surface area (Å²) in [5.41, 5.74) is 6.20. The van der Waals surface area contributed by atoms with Crippen molar-refractivity contribution in [3.05, 3.63) is 42.2 Å². The van der Waals surface area contributed by atoms with E-state index in [0.717, 1.165) is 5.16 Å². The Morgan fingerprint density at radius 1 is 1.22 bits per heavy atom. The molecule has 2 aromatic rings. The number of hydrogen-bond acceptors (Lipinski definition) is 5. The summed E-state index contributed by atoms with van der Waals surface area (Å²) >= 11 is 6.39. The first kappa shape index (κ1) is 20.7. The molecule has 0 unspecified atom stereocenters. The lowest BCUT2D eigenvalue weighted by atomic mass is 10.2. The molecule has 0 saturated carbocycles. The maximum atomic E-state index is 12.1. The Morgan fingerprint density at radius 2 is 1.93 bits per heavy atom. The third-order valence-electron chi connectivity index (χ3n) is 3.25. The zero-order valence-corrected chi connectivity index (χ0v) is 16.9. The van der Waals surface area contributed by atoms with Crippen LogP contribution < -0.4 is 21.5 Å². The second kappa shape index (κ2) is 9.93. The van der Waals surface area contributed by atoms with Crippen molar-refractivity contribution in [1.29, 1.82) is 0 Å². The zero-order valence-electron chi connectivity index (χ0n) is 15.3. The van der Waals surface area contributed by atoms with Crippen molar-refractivity contribution in [2.45, 2.75) is 25.0 Å². The van der Waals surface area contributed by atoms with Gasteiger partial charge in [0.05, 0.1) is 5.75 Å². The number of hydrazine groups is 1. The molecular formula is C17H22N6O2S2. The van der Waals surface area contributed by atoms with Gasteiger partial charge in [0, 0.05) is 36.7 Å². The van der Waals surface area contributed by atoms with E-state index in [0.29, 0.717) is 16.4 Å². The van der Waals surface area contributed by atoms with Crippen LogP contribution >= 0.6 is 24.0 Å². The summed E-state index contributed by atoms with van der Waals surface area (Å²) in [6, 6.07) is 6.75. The zero-order chi connectivity index (χ0) is 19.8. The van der Waals surface area contributed by atoms with Gasteiger partial charge in [0.1, 0.15) is 0 Å². The number of rotatable bonds is 6. The Kier molecular flexibility index (Phi) is 7.62. The number of thioether (sulfide) groups is 1. The van der Waals surface area contributed by atoms with Crippen molar-refractivity contribution in [3.8, 4) is 0 Å². The van der Waals surface area contributed by atoms with Crippen LogP contribution in [0.4, 0.5) is 5.69 Å². The number of imidazole rings is 1. The lowest BCUT2D eigenvalue weighted by Gasteiger charge is -2.14. The first-order valence-electron chi connectivity index (χ1n) is 8.22. The average molecular weight is 407 g/mol. The fourth-order valence-electron chi connectivity index (χ4n) is 2.01. The molecule has 0 aliphatic heterocycles. The van der Waals surface area contributed by atoms with Gasteiger partial charge >= 0.3 is 0 Å². The molecule has 27 heavy (non-hydrogen) atoms. The molecule has 1 aromatic heterocycles. The lowest BCUT2D eigenvalue weighted by molar-refractivity contribution is -0.113. The van der Waals surface area contributed by atoms with Gasteiger partial charge in [-0.2, -0.15) is 0 Å². The number of aryl methyl sites for hydroxylation is 1. The summed E-state index contributed by atoms with van der Waals surface area (Å²) in [7, 11) is 1.87. The highest BCUT2D eigenvalue weighted by Crippen LogP contribution is 2.15. The van der Waals surface area contributed by atoms with Crippen LogP contribution in [0.15, 0.2) is 41.8 Å². The van der Waals surface area contributed by atoms with E-state index < -0.39 is 0 Å². The summed E-state index contributed by atoms with van der Waals surface area (Å²) in [5.74, 6) is -0.227. The SMILES string of the molecule is CC(C)NC(=S)NNC(=O)c1ccc(NC(=O)CSc2nccn2C)cc1. The maximum absolute atomic E-state index is 12.1. The van der Waals surface area contributed by atoms with Crippen molar-refractivity contribution < 1.29 is 9.59 Å². The third-order valence-corrected chi connectivity index (χ3v) is 4.53. The van der Waals surface area contributed by atoms with E-state index in [1.54, 1.807) is 30.5 Å². The molecular weight excluding hydrogens is 384 g/mol. The summed E-state index contributed by atoms with van der Waals surface area (Å²) in [4.78, 5) is 28.3. The molecule has 144 valence electrons. The number of nitrogens with one attached hydrogen (secondary N) is 4. The fourth-order valence-corrected chi connectivity index (χ4v) is 3.03. The molecule has 0 bridgehead atoms. The Balaban J connectivity index is 1.80. The molecule has 0 aliphatic rings. The molecule has 0 saturated heterocycles. The van der Waals surface area contributed by atoms with Crippen molar-refractivity contribution >= 4 is 46.6 Å². The second-order valence-corrected chi connectivity index (χ2v) is 7.29. The Morgan fingerprint density at radius 3 is 2.52 bits per heavy atom. The van der Waals surface area contributed by atoms with Crippen LogP contribution in [0.25, 0.3) is 0 Å². The quantitative estimate of drug-likeness (QED) is 0.329. The molecule has 0 fully saturated rings. The van der Waals surface area contributed by atoms with Gasteiger partial charge in [0.15, 0.2) is 10.3 Å². The van der Waals surface area contributed by atoms with Gasteiger partial charge in [-0.15, -0.1) is 0 Å². The number of aromatic nitrogens is 2. The largest absolute Gasteiger partial charge is 0.359 e. The number of anilines is 1. The van der Waals surface area contributed by atoms with Crippen LogP contribution in [0.1, 0.15) is 24.2 Å². The lowest BCUT2D eigenvalue weighted by Crippen LogP contribution is -2.48. The smallest absolute Gasteiger partial charge is 0.269 e. The normalized spacial score (nSPS) is 10.4. The van der Waals surface area contributed by atoms with Crippen LogP contribution in [-0.2, 0) is 11.8 Å². The highest BCUT2D eigenvalue weighted by atomic mass is 32.2. The maximum Gasteiger partial charge on any atom is 0.269 e. The standard InChI is InChI=1S/C17H22N6O2S2/c1-11(2)19-16(26)22-21-15(25)12-4-6-13(7-5-12)20-14(24)10-27-17-18-8-9-23(17)3/h4-9,11H,10H2,1-3H3,(H,20,24)(H,21,25)(H2,19,22,26). The molecule has 0 atom stereocenters. The van der Waals surface area contributed by atoms with Gasteiger partial charge in [0.2, 0.25) is 5.91 Å². The third kappa shape index (κ3) is 6.91. The highest BCUT2D eigenvalue weighted by molar-refractivity contribution is 7.99. The predicted molar refractivity (Wildman–Crippen MR) is 110 cm³/mol. The molecule has 0 radical (unpaired) electrons. The monoisotopic (exact) mass is 406 g/mol. The molecule has 10 heteroatoms. The topological polar surface area (TPSA) is 100 Å². The van der Waals surface area contributed by atoms with Crippen molar-refractivity contribution in [2.75, 3.05) is 11.1 Å². The average Bonchev–Trinajstić information content (AvgIpc) is 3.03. The van der Waals surface area contributed by atoms with E-state index in [1.807, 2.05) is 31.7 Å². The van der Waals surface area contributed by atoms with Gasteiger partial charge in [-0.25, -0.2) is 4.98 Å². The highest BCUT2D eigenvalue weighted by Gasteiger charge is 2.09. The minimum atomic E-state index is -0.328. The number of amides is 2. The number of nitrogens with zero attached hydrogens (tertiary/aromatic N) is 2. The molecule has 8 nitrogen and oxygen atoms in total. The number of carbonyl (C=O) groups is 2. The van der Waals surface area contributed by atoms with Gasteiger partial charge in [-0.3, -0.25) is 20.4 Å². The molecule has 2 rings (SSSR count). The van der Waals surface area contributed by atoms with E-state index in [1.165, 1.54) is 11.8 Å². The summed E-state index contributed by atoms with van der Waals surface area (Å²) in [6.07, 6.45) is 3.51. The first-order chi connectivity index (χ1) is 12.8. The minimum Gasteiger partial charge on any atom is -0.359 e. The number of benzene rings is 1. The van der Waals surface area contributed by atoms with Crippen LogP contribution in [-0.4, -0.2) is 38.3 Å². The van der Waals surface area contributed by atoms with E-state index in [-0.39, 0.29) is 23.6 Å². The van der Waals surface area contributed by atoms with E-state index in [2.05, 4.69) is 26.5 Å². The van der Waals surface area contributed by atoms with Crippen LogP contribution in [0.5, 0.6) is 0 Å².